The van der Waals surface area contributed by atoms with E-state index in [2.05, 4.69) is 83.8 Å². The van der Waals surface area contributed by atoms with Crippen molar-refractivity contribution in [3.63, 3.8) is 0 Å². The molecule has 29 heavy (non-hydrogen) atoms. The van der Waals surface area contributed by atoms with Gasteiger partial charge >= 0.3 is 0 Å². The molecule has 5 heteroatoms. The van der Waals surface area contributed by atoms with E-state index in [-0.39, 0.29) is 0 Å². The molecule has 1 aromatic heterocycles. The molecule has 5 nitrogen and oxygen atoms in total. The molecule has 1 aliphatic heterocycles. The van der Waals surface area contributed by atoms with Crippen LogP contribution in [0.1, 0.15) is 12.5 Å². The maximum absolute atomic E-state index is 4.91. The van der Waals surface area contributed by atoms with Crippen LogP contribution in [0.25, 0.3) is 16.9 Å². The van der Waals surface area contributed by atoms with Gasteiger partial charge in [0.2, 0.25) is 0 Å². The highest BCUT2D eigenvalue weighted by atomic mass is 15.3. The molecule has 2 heterocycles. The van der Waals surface area contributed by atoms with Crippen LogP contribution in [-0.4, -0.2) is 65.4 Å². The smallest absolute Gasteiger partial charge is 0.0972 e. The number of hydrogen-bond acceptors (Lipinski definition) is 4. The summed E-state index contributed by atoms with van der Waals surface area (Å²) in [4.78, 5) is 4.96. The fourth-order valence-corrected chi connectivity index (χ4v) is 3.86. The monoisotopic (exact) mass is 389 g/mol. The molecule has 0 spiro atoms. The summed E-state index contributed by atoms with van der Waals surface area (Å²) in [5.74, 6) is 0. The van der Waals surface area contributed by atoms with Gasteiger partial charge in [0, 0.05) is 62.6 Å². The molecule has 1 saturated heterocycles. The van der Waals surface area contributed by atoms with Gasteiger partial charge in [-0.2, -0.15) is 5.10 Å². The van der Waals surface area contributed by atoms with Crippen molar-refractivity contribution < 1.29 is 0 Å². The van der Waals surface area contributed by atoms with Crippen molar-refractivity contribution in [2.24, 2.45) is 0 Å². The van der Waals surface area contributed by atoms with Gasteiger partial charge < -0.3 is 10.2 Å². The SMILES string of the molecule is CC(CN1CCN(C)CC1)NCc1cn(-c2ccccc2)nc1-c1ccccc1. The van der Waals surface area contributed by atoms with Crippen LogP contribution in [0.5, 0.6) is 0 Å². The van der Waals surface area contributed by atoms with Gasteiger partial charge in [0.05, 0.1) is 11.4 Å². The minimum atomic E-state index is 0.433. The Balaban J connectivity index is 1.47. The van der Waals surface area contributed by atoms with Gasteiger partial charge in [0.1, 0.15) is 0 Å². The lowest BCUT2D eigenvalue weighted by molar-refractivity contribution is 0.144. The highest BCUT2D eigenvalue weighted by Gasteiger charge is 2.17. The number of nitrogens with zero attached hydrogens (tertiary/aromatic N) is 4. The Labute approximate surface area is 174 Å². The molecule has 0 saturated carbocycles. The van der Waals surface area contributed by atoms with Crippen LogP contribution < -0.4 is 5.32 Å². The number of nitrogens with one attached hydrogen (secondary N) is 1. The summed E-state index contributed by atoms with van der Waals surface area (Å²) in [5, 5.41) is 8.64. The van der Waals surface area contributed by atoms with Crippen molar-refractivity contribution in [3.8, 4) is 16.9 Å². The van der Waals surface area contributed by atoms with Gasteiger partial charge in [-0.3, -0.25) is 4.90 Å². The van der Waals surface area contributed by atoms with Crippen molar-refractivity contribution in [1.29, 1.82) is 0 Å². The van der Waals surface area contributed by atoms with E-state index in [4.69, 9.17) is 5.10 Å². The van der Waals surface area contributed by atoms with Crippen LogP contribution in [0.15, 0.2) is 66.9 Å². The first kappa shape index (κ1) is 19.8. The first-order chi connectivity index (χ1) is 14.2. The van der Waals surface area contributed by atoms with Gasteiger partial charge in [0.25, 0.3) is 0 Å². The van der Waals surface area contributed by atoms with E-state index >= 15 is 0 Å². The van der Waals surface area contributed by atoms with Crippen molar-refractivity contribution in [2.75, 3.05) is 39.8 Å². The fourth-order valence-electron chi connectivity index (χ4n) is 3.86. The minimum Gasteiger partial charge on any atom is -0.309 e. The molecule has 0 bridgehead atoms. The predicted molar refractivity (Wildman–Crippen MR) is 119 cm³/mol. The molecule has 1 N–H and O–H groups in total. The van der Waals surface area contributed by atoms with E-state index < -0.39 is 0 Å². The van der Waals surface area contributed by atoms with Gasteiger partial charge in [-0.05, 0) is 26.1 Å². The molecular weight excluding hydrogens is 358 g/mol. The van der Waals surface area contributed by atoms with Crippen LogP contribution in [0.4, 0.5) is 0 Å². The molecule has 4 rings (SSSR count). The highest BCUT2D eigenvalue weighted by molar-refractivity contribution is 5.63. The lowest BCUT2D eigenvalue weighted by Crippen LogP contribution is -2.48. The summed E-state index contributed by atoms with van der Waals surface area (Å²) in [6.45, 7) is 8.81. The summed E-state index contributed by atoms with van der Waals surface area (Å²) in [6, 6.07) is 21.2. The third-order valence-electron chi connectivity index (χ3n) is 5.63. The maximum atomic E-state index is 4.91. The summed E-state index contributed by atoms with van der Waals surface area (Å²) in [7, 11) is 2.20. The molecule has 152 valence electrons. The van der Waals surface area contributed by atoms with E-state index in [1.165, 1.54) is 5.56 Å². The normalized spacial score (nSPS) is 16.8. The van der Waals surface area contributed by atoms with Crippen LogP contribution in [0.3, 0.4) is 0 Å². The largest absolute Gasteiger partial charge is 0.309 e. The zero-order chi connectivity index (χ0) is 20.1. The first-order valence-corrected chi connectivity index (χ1v) is 10.5. The predicted octanol–water partition coefficient (Wildman–Crippen LogP) is 3.26. The molecule has 0 radical (unpaired) electrons. The van der Waals surface area contributed by atoms with Gasteiger partial charge in [-0.15, -0.1) is 0 Å². The number of para-hydroxylation sites is 1. The maximum Gasteiger partial charge on any atom is 0.0972 e. The van der Waals surface area contributed by atoms with E-state index in [9.17, 15) is 0 Å². The average molecular weight is 390 g/mol. The van der Waals surface area contributed by atoms with Crippen LogP contribution in [-0.2, 0) is 6.54 Å². The fraction of sp³-hybridized carbons (Fsp3) is 0.375. The first-order valence-electron chi connectivity index (χ1n) is 10.5. The lowest BCUT2D eigenvalue weighted by atomic mass is 10.1. The standard InChI is InChI=1S/C24H31N5/c1-20(18-28-15-13-27(2)14-16-28)25-17-22-19-29(23-11-7-4-8-12-23)26-24(22)21-9-5-3-6-10-21/h3-12,19-20,25H,13-18H2,1-2H3. The summed E-state index contributed by atoms with van der Waals surface area (Å²) in [6.07, 6.45) is 2.16. The zero-order valence-corrected chi connectivity index (χ0v) is 17.5. The number of hydrogen-bond donors (Lipinski definition) is 1. The zero-order valence-electron chi connectivity index (χ0n) is 17.5. The molecule has 2 aromatic carbocycles. The molecule has 0 amide bonds. The Kier molecular flexibility index (Phi) is 6.39. The molecule has 1 aliphatic rings. The number of piperazine rings is 1. The van der Waals surface area contributed by atoms with Crippen LogP contribution in [0.2, 0.25) is 0 Å². The molecule has 0 aliphatic carbocycles. The Morgan fingerprint density at radius 3 is 2.28 bits per heavy atom. The van der Waals surface area contributed by atoms with Crippen LogP contribution in [0, 0.1) is 0 Å². The second-order valence-electron chi connectivity index (χ2n) is 8.03. The Morgan fingerprint density at radius 1 is 0.931 bits per heavy atom. The molecule has 1 unspecified atom stereocenters. The molecule has 1 atom stereocenters. The van der Waals surface area contributed by atoms with Gasteiger partial charge in [-0.25, -0.2) is 4.68 Å². The van der Waals surface area contributed by atoms with Crippen molar-refractivity contribution >= 4 is 0 Å². The quantitative estimate of drug-likeness (QED) is 0.673. The summed E-state index contributed by atoms with van der Waals surface area (Å²) >= 11 is 0. The number of likely N-dealkylation sites (N-methyl/N-ethyl adjacent to an activating group) is 1. The van der Waals surface area contributed by atoms with Crippen molar-refractivity contribution in [3.05, 3.63) is 72.4 Å². The van der Waals surface area contributed by atoms with Crippen molar-refractivity contribution in [2.45, 2.75) is 19.5 Å². The Morgan fingerprint density at radius 2 is 1.59 bits per heavy atom. The summed E-state index contributed by atoms with van der Waals surface area (Å²) in [5.41, 5.74) is 4.52. The molecule has 1 fully saturated rings. The van der Waals surface area contributed by atoms with E-state index in [0.29, 0.717) is 6.04 Å². The van der Waals surface area contributed by atoms with E-state index in [0.717, 1.165) is 56.2 Å². The van der Waals surface area contributed by atoms with E-state index in [1.54, 1.807) is 0 Å². The summed E-state index contributed by atoms with van der Waals surface area (Å²) < 4.78 is 1.99. The van der Waals surface area contributed by atoms with Gasteiger partial charge in [0.15, 0.2) is 0 Å². The van der Waals surface area contributed by atoms with Gasteiger partial charge in [-0.1, -0.05) is 48.5 Å². The van der Waals surface area contributed by atoms with E-state index in [1.807, 2.05) is 16.8 Å². The number of benzene rings is 2. The second-order valence-corrected chi connectivity index (χ2v) is 8.03. The second kappa shape index (κ2) is 9.35. The molecule has 3 aromatic rings. The average Bonchev–Trinajstić information content (AvgIpc) is 3.20. The molecular formula is C24H31N5. The number of aromatic nitrogens is 2. The lowest BCUT2D eigenvalue weighted by Gasteiger charge is -2.34. The third-order valence-corrected chi connectivity index (χ3v) is 5.63. The number of rotatable bonds is 7. The minimum absolute atomic E-state index is 0.433. The van der Waals surface area contributed by atoms with Crippen molar-refractivity contribution in [1.82, 2.24) is 24.9 Å². The van der Waals surface area contributed by atoms with Crippen LogP contribution >= 0.6 is 0 Å². The Bertz CT molecular complexity index is 882. The Hall–Kier alpha value is -2.47. The third kappa shape index (κ3) is 5.12. The highest BCUT2D eigenvalue weighted by Crippen LogP contribution is 2.23. The topological polar surface area (TPSA) is 36.3 Å².